The molecule has 0 aromatic heterocycles. The fraction of sp³-hybridized carbons (Fsp3) is 0.111. The van der Waals surface area contributed by atoms with Crippen molar-refractivity contribution in [2.75, 3.05) is 7.11 Å². The number of hydrogen-bond acceptors (Lipinski definition) is 5. The normalized spacial score (nSPS) is 10.2. The molecule has 0 unspecified atom stereocenters. The molecule has 0 aliphatic heterocycles. The van der Waals surface area contributed by atoms with Crippen molar-refractivity contribution >= 4 is 11.9 Å². The van der Waals surface area contributed by atoms with Gasteiger partial charge in [-0.15, -0.1) is 0 Å². The summed E-state index contributed by atoms with van der Waals surface area (Å²) in [4.78, 5) is 23.3. The number of esters is 2. The summed E-state index contributed by atoms with van der Waals surface area (Å²) in [7, 11) is 1.62. The Labute approximate surface area is 187 Å². The van der Waals surface area contributed by atoms with Crippen molar-refractivity contribution in [3.8, 4) is 39.5 Å². The van der Waals surface area contributed by atoms with Crippen LogP contribution in [0.1, 0.15) is 13.8 Å². The van der Waals surface area contributed by atoms with Gasteiger partial charge >= 0.3 is 11.9 Å². The van der Waals surface area contributed by atoms with Gasteiger partial charge in [-0.2, -0.15) is 0 Å². The molecule has 0 saturated heterocycles. The highest BCUT2D eigenvalue weighted by atomic mass is 16.5. The molecule has 0 bridgehead atoms. The number of methoxy groups -OCH3 is 1. The molecule has 0 saturated carbocycles. The fourth-order valence-electron chi connectivity index (χ4n) is 2.92. The van der Waals surface area contributed by atoms with Gasteiger partial charge in [-0.05, 0) is 60.9 Å². The molecule has 0 amide bonds. The number of hydrogen-bond donors (Lipinski definition) is 0. The van der Waals surface area contributed by atoms with Gasteiger partial charge in [0.2, 0.25) is 0 Å². The standard InChI is InChI=1S/C27H24O5/c1-17(2)26(28)31-22-11-6-19(7-12-22)21-10-15-24(25(16-21)30-5)20-8-13-23(14-9-20)32-27(29)18(3)4/h6-16H,1,3H2,2,4-5H3. The SMILES string of the molecule is C=C(C)C(=O)Oc1ccc(-c2ccc(-c3ccc(OC(=O)C(=C)C)cc3)c(OC)c2)cc1. The molecule has 0 radical (unpaired) electrons. The van der Waals surface area contributed by atoms with Crippen LogP contribution < -0.4 is 14.2 Å². The van der Waals surface area contributed by atoms with Crippen LogP contribution in [0.15, 0.2) is 91.0 Å². The van der Waals surface area contributed by atoms with Gasteiger partial charge in [-0.3, -0.25) is 0 Å². The first-order valence-corrected chi connectivity index (χ1v) is 9.92. The van der Waals surface area contributed by atoms with Crippen molar-refractivity contribution in [3.05, 3.63) is 91.0 Å². The molecule has 3 rings (SSSR count). The van der Waals surface area contributed by atoms with E-state index in [-0.39, 0.29) is 0 Å². The molecule has 5 heteroatoms. The smallest absolute Gasteiger partial charge is 0.338 e. The summed E-state index contributed by atoms with van der Waals surface area (Å²) in [5.41, 5.74) is 4.42. The van der Waals surface area contributed by atoms with E-state index in [1.54, 1.807) is 45.2 Å². The van der Waals surface area contributed by atoms with Crippen LogP contribution in [-0.4, -0.2) is 19.0 Å². The van der Waals surface area contributed by atoms with Crippen LogP contribution in [-0.2, 0) is 9.59 Å². The van der Waals surface area contributed by atoms with Crippen molar-refractivity contribution < 1.29 is 23.8 Å². The van der Waals surface area contributed by atoms with Crippen molar-refractivity contribution in [2.45, 2.75) is 13.8 Å². The fourth-order valence-corrected chi connectivity index (χ4v) is 2.92. The molecule has 0 aliphatic carbocycles. The largest absolute Gasteiger partial charge is 0.496 e. The Morgan fingerprint density at radius 2 is 1.09 bits per heavy atom. The Hall–Kier alpha value is -4.12. The van der Waals surface area contributed by atoms with Crippen molar-refractivity contribution in [2.24, 2.45) is 0 Å². The zero-order valence-corrected chi connectivity index (χ0v) is 18.3. The Balaban J connectivity index is 1.82. The molecule has 0 fully saturated rings. The van der Waals surface area contributed by atoms with Crippen LogP contribution >= 0.6 is 0 Å². The average Bonchev–Trinajstić information content (AvgIpc) is 2.79. The topological polar surface area (TPSA) is 61.8 Å². The van der Waals surface area contributed by atoms with Gasteiger partial charge in [-0.25, -0.2) is 9.59 Å². The summed E-state index contributed by atoms with van der Waals surface area (Å²) in [5.74, 6) is 0.693. The molecule has 32 heavy (non-hydrogen) atoms. The lowest BCUT2D eigenvalue weighted by Gasteiger charge is -2.12. The summed E-state index contributed by atoms with van der Waals surface area (Å²) >= 11 is 0. The summed E-state index contributed by atoms with van der Waals surface area (Å²) in [6.07, 6.45) is 0. The Kier molecular flexibility index (Phi) is 6.90. The quantitative estimate of drug-likeness (QED) is 0.263. The second-order valence-electron chi connectivity index (χ2n) is 7.30. The number of carbonyl (C=O) groups is 2. The number of benzene rings is 3. The highest BCUT2D eigenvalue weighted by Crippen LogP contribution is 2.35. The predicted molar refractivity (Wildman–Crippen MR) is 125 cm³/mol. The number of rotatable bonds is 7. The number of carbonyl (C=O) groups excluding carboxylic acids is 2. The van der Waals surface area contributed by atoms with E-state index in [2.05, 4.69) is 13.2 Å². The molecule has 162 valence electrons. The lowest BCUT2D eigenvalue weighted by molar-refractivity contribution is -0.130. The highest BCUT2D eigenvalue weighted by Gasteiger charge is 2.11. The maximum atomic E-state index is 11.7. The average molecular weight is 428 g/mol. The molecule has 0 spiro atoms. The van der Waals surface area contributed by atoms with Crippen LogP contribution in [0.4, 0.5) is 0 Å². The zero-order chi connectivity index (χ0) is 23.3. The summed E-state index contributed by atoms with van der Waals surface area (Å²) in [5, 5.41) is 0. The Bertz CT molecular complexity index is 1170. The van der Waals surface area contributed by atoms with Gasteiger partial charge in [0.25, 0.3) is 0 Å². The van der Waals surface area contributed by atoms with Crippen LogP contribution in [0.25, 0.3) is 22.3 Å². The molecular weight excluding hydrogens is 404 g/mol. The summed E-state index contributed by atoms with van der Waals surface area (Å²) in [6.45, 7) is 10.4. The van der Waals surface area contributed by atoms with E-state index in [0.717, 1.165) is 22.3 Å². The second-order valence-corrected chi connectivity index (χ2v) is 7.30. The van der Waals surface area contributed by atoms with Crippen molar-refractivity contribution in [1.29, 1.82) is 0 Å². The van der Waals surface area contributed by atoms with Crippen LogP contribution in [0.2, 0.25) is 0 Å². The van der Waals surface area contributed by atoms with Gasteiger partial charge in [-0.1, -0.05) is 49.6 Å². The molecule has 0 aliphatic rings. The lowest BCUT2D eigenvalue weighted by Crippen LogP contribution is -2.07. The second kappa shape index (κ2) is 9.79. The summed E-state index contributed by atoms with van der Waals surface area (Å²) in [6, 6.07) is 20.3. The monoisotopic (exact) mass is 428 g/mol. The molecule has 0 N–H and O–H groups in total. The Morgan fingerprint density at radius 3 is 1.53 bits per heavy atom. The predicted octanol–water partition coefficient (Wildman–Crippen LogP) is 5.99. The van der Waals surface area contributed by atoms with E-state index in [9.17, 15) is 9.59 Å². The third kappa shape index (κ3) is 5.32. The molecular formula is C27H24O5. The van der Waals surface area contributed by atoms with Gasteiger partial charge in [0.05, 0.1) is 7.11 Å². The molecule has 0 atom stereocenters. The molecule has 0 heterocycles. The van der Waals surface area contributed by atoms with E-state index in [4.69, 9.17) is 14.2 Å². The van der Waals surface area contributed by atoms with Crippen molar-refractivity contribution in [3.63, 3.8) is 0 Å². The molecule has 3 aromatic carbocycles. The van der Waals surface area contributed by atoms with E-state index >= 15 is 0 Å². The van der Waals surface area contributed by atoms with Gasteiger partial charge in [0.1, 0.15) is 17.2 Å². The third-order valence-corrected chi connectivity index (χ3v) is 4.67. The molecule has 5 nitrogen and oxygen atoms in total. The van der Waals surface area contributed by atoms with Crippen LogP contribution in [0.5, 0.6) is 17.2 Å². The lowest BCUT2D eigenvalue weighted by atomic mass is 9.99. The first kappa shape index (κ1) is 22.6. The summed E-state index contributed by atoms with van der Waals surface area (Å²) < 4.78 is 16.1. The Morgan fingerprint density at radius 1 is 0.656 bits per heavy atom. The van der Waals surface area contributed by atoms with E-state index in [1.807, 2.05) is 42.5 Å². The van der Waals surface area contributed by atoms with Crippen LogP contribution in [0, 0.1) is 0 Å². The van der Waals surface area contributed by atoms with Gasteiger partial charge in [0.15, 0.2) is 0 Å². The number of ether oxygens (including phenoxy) is 3. The van der Waals surface area contributed by atoms with Gasteiger partial charge in [0, 0.05) is 16.7 Å². The van der Waals surface area contributed by atoms with Crippen LogP contribution in [0.3, 0.4) is 0 Å². The first-order chi connectivity index (χ1) is 15.3. The third-order valence-electron chi connectivity index (χ3n) is 4.67. The minimum atomic E-state index is -0.458. The maximum Gasteiger partial charge on any atom is 0.338 e. The highest BCUT2D eigenvalue weighted by molar-refractivity contribution is 5.89. The zero-order valence-electron chi connectivity index (χ0n) is 18.3. The van der Waals surface area contributed by atoms with Crippen molar-refractivity contribution in [1.82, 2.24) is 0 Å². The minimum absolute atomic E-state index is 0.341. The maximum absolute atomic E-state index is 11.7. The first-order valence-electron chi connectivity index (χ1n) is 9.92. The van der Waals surface area contributed by atoms with Gasteiger partial charge < -0.3 is 14.2 Å². The van der Waals surface area contributed by atoms with E-state index in [0.29, 0.717) is 28.4 Å². The van der Waals surface area contributed by atoms with E-state index in [1.165, 1.54) is 0 Å². The minimum Gasteiger partial charge on any atom is -0.496 e. The molecule has 3 aromatic rings. The van der Waals surface area contributed by atoms with E-state index < -0.39 is 11.9 Å².